The Hall–Kier alpha value is -0.433. The lowest BCUT2D eigenvalue weighted by molar-refractivity contribution is -0.143. The van der Waals surface area contributed by atoms with Crippen LogP contribution in [-0.4, -0.2) is 42.7 Å². The second kappa shape index (κ2) is 9.58. The van der Waals surface area contributed by atoms with E-state index in [1.807, 2.05) is 6.92 Å². The molecule has 0 N–H and O–H groups in total. The van der Waals surface area contributed by atoms with Gasteiger partial charge in [0, 0.05) is 33.8 Å². The zero-order valence-corrected chi connectivity index (χ0v) is 12.3. The fourth-order valence-corrected chi connectivity index (χ4v) is 3.11. The van der Waals surface area contributed by atoms with Crippen molar-refractivity contribution in [1.82, 2.24) is 0 Å². The van der Waals surface area contributed by atoms with E-state index < -0.39 is 8.80 Å². The van der Waals surface area contributed by atoms with E-state index >= 15 is 0 Å². The highest BCUT2D eigenvalue weighted by molar-refractivity contribution is 6.60. The van der Waals surface area contributed by atoms with Crippen LogP contribution in [0.25, 0.3) is 0 Å². The van der Waals surface area contributed by atoms with Gasteiger partial charge in [-0.1, -0.05) is 13.3 Å². The number of carbonyl (C=O) groups is 1. The number of ether oxygens (including phenoxy) is 1. The fourth-order valence-electron chi connectivity index (χ4n) is 1.42. The Morgan fingerprint density at radius 2 is 1.65 bits per heavy atom. The van der Waals surface area contributed by atoms with Gasteiger partial charge in [-0.2, -0.15) is 0 Å². The molecule has 0 aromatic rings. The monoisotopic (exact) mass is 264 g/mol. The molecule has 0 aromatic heterocycles. The summed E-state index contributed by atoms with van der Waals surface area (Å²) in [5.74, 6) is -0.133. The van der Waals surface area contributed by atoms with Crippen molar-refractivity contribution in [2.75, 3.05) is 27.9 Å². The van der Waals surface area contributed by atoms with Crippen molar-refractivity contribution in [2.45, 2.75) is 38.7 Å². The quantitative estimate of drug-likeness (QED) is 0.343. The van der Waals surface area contributed by atoms with Crippen molar-refractivity contribution in [3.05, 3.63) is 0 Å². The molecule has 0 saturated heterocycles. The van der Waals surface area contributed by atoms with Crippen LogP contribution in [0.5, 0.6) is 0 Å². The standard InChI is InChI=1S/C11H24O5Si/c1-5-6-8-11(12)16-9-7-10-17(13-2,14-3)15-4/h5-10H2,1-4H3. The molecule has 0 radical (unpaired) electrons. The van der Waals surface area contributed by atoms with Crippen LogP contribution in [0.1, 0.15) is 32.6 Å². The Kier molecular flexibility index (Phi) is 9.34. The van der Waals surface area contributed by atoms with Crippen LogP contribution in [0, 0.1) is 0 Å². The molecule has 17 heavy (non-hydrogen) atoms. The van der Waals surface area contributed by atoms with Crippen LogP contribution in [0.15, 0.2) is 0 Å². The van der Waals surface area contributed by atoms with Gasteiger partial charge in [0.1, 0.15) is 0 Å². The zero-order valence-electron chi connectivity index (χ0n) is 11.3. The number of rotatable bonds is 10. The molecule has 6 heteroatoms. The molecule has 0 heterocycles. The highest BCUT2D eigenvalue weighted by Gasteiger charge is 2.36. The fraction of sp³-hybridized carbons (Fsp3) is 0.909. The first-order valence-electron chi connectivity index (χ1n) is 5.95. The van der Waals surface area contributed by atoms with Crippen molar-refractivity contribution in [2.24, 2.45) is 0 Å². The van der Waals surface area contributed by atoms with Gasteiger partial charge in [0.15, 0.2) is 0 Å². The molecule has 0 fully saturated rings. The highest BCUT2D eigenvalue weighted by atomic mass is 28.4. The third-order valence-corrected chi connectivity index (χ3v) is 5.39. The van der Waals surface area contributed by atoms with Gasteiger partial charge in [0.2, 0.25) is 0 Å². The van der Waals surface area contributed by atoms with Crippen LogP contribution < -0.4 is 0 Å². The first-order chi connectivity index (χ1) is 8.14. The summed E-state index contributed by atoms with van der Waals surface area (Å²) < 4.78 is 20.9. The van der Waals surface area contributed by atoms with E-state index in [4.69, 9.17) is 18.0 Å². The van der Waals surface area contributed by atoms with Crippen LogP contribution in [0.4, 0.5) is 0 Å². The molecular formula is C11H24O5Si. The minimum Gasteiger partial charge on any atom is -0.466 e. The summed E-state index contributed by atoms with van der Waals surface area (Å²) in [5.41, 5.74) is 0. The molecular weight excluding hydrogens is 240 g/mol. The van der Waals surface area contributed by atoms with E-state index in [9.17, 15) is 4.79 Å². The molecule has 0 aliphatic heterocycles. The summed E-state index contributed by atoms with van der Waals surface area (Å²) in [4.78, 5) is 11.2. The summed E-state index contributed by atoms with van der Waals surface area (Å²) in [7, 11) is 2.22. The van der Waals surface area contributed by atoms with E-state index in [0.29, 0.717) is 25.5 Å². The summed E-state index contributed by atoms with van der Waals surface area (Å²) in [5, 5.41) is 0. The summed E-state index contributed by atoms with van der Waals surface area (Å²) in [6.07, 6.45) is 3.07. The minimum atomic E-state index is -2.51. The van der Waals surface area contributed by atoms with Gasteiger partial charge < -0.3 is 18.0 Å². The van der Waals surface area contributed by atoms with E-state index in [2.05, 4.69) is 0 Å². The predicted octanol–water partition coefficient (Wildman–Crippen LogP) is 1.99. The van der Waals surface area contributed by atoms with Gasteiger partial charge in [-0.3, -0.25) is 4.79 Å². The lowest BCUT2D eigenvalue weighted by Gasteiger charge is -2.24. The molecule has 0 aliphatic carbocycles. The van der Waals surface area contributed by atoms with Gasteiger partial charge in [0.25, 0.3) is 0 Å². The Balaban J connectivity index is 3.71. The van der Waals surface area contributed by atoms with Crippen LogP contribution in [0.3, 0.4) is 0 Å². The molecule has 0 bridgehead atoms. The average Bonchev–Trinajstić information content (AvgIpc) is 2.37. The van der Waals surface area contributed by atoms with E-state index in [0.717, 1.165) is 12.8 Å². The topological polar surface area (TPSA) is 54.0 Å². The lowest BCUT2D eigenvalue weighted by atomic mass is 10.2. The van der Waals surface area contributed by atoms with Gasteiger partial charge >= 0.3 is 14.8 Å². The van der Waals surface area contributed by atoms with Crippen LogP contribution in [-0.2, 0) is 22.8 Å². The summed E-state index contributed by atoms with van der Waals surface area (Å²) >= 11 is 0. The Morgan fingerprint density at radius 3 is 2.12 bits per heavy atom. The van der Waals surface area contributed by atoms with Crippen molar-refractivity contribution in [3.8, 4) is 0 Å². The second-order valence-corrected chi connectivity index (χ2v) is 6.81. The first kappa shape index (κ1) is 16.6. The average molecular weight is 264 g/mol. The number of hydrogen-bond acceptors (Lipinski definition) is 5. The Morgan fingerprint density at radius 1 is 1.06 bits per heavy atom. The van der Waals surface area contributed by atoms with Crippen LogP contribution >= 0.6 is 0 Å². The van der Waals surface area contributed by atoms with Crippen molar-refractivity contribution >= 4 is 14.8 Å². The maximum absolute atomic E-state index is 11.2. The first-order valence-corrected chi connectivity index (χ1v) is 7.88. The van der Waals surface area contributed by atoms with Gasteiger partial charge in [-0.05, 0) is 12.8 Å². The van der Waals surface area contributed by atoms with Crippen molar-refractivity contribution in [1.29, 1.82) is 0 Å². The Labute approximate surface area is 105 Å². The van der Waals surface area contributed by atoms with E-state index in [-0.39, 0.29) is 5.97 Å². The highest BCUT2D eigenvalue weighted by Crippen LogP contribution is 2.14. The van der Waals surface area contributed by atoms with Crippen molar-refractivity contribution < 1.29 is 22.8 Å². The molecule has 0 amide bonds. The Bertz CT molecular complexity index is 198. The second-order valence-electron chi connectivity index (χ2n) is 3.72. The number of esters is 1. The van der Waals surface area contributed by atoms with Gasteiger partial charge in [-0.15, -0.1) is 0 Å². The SMILES string of the molecule is CCCCC(=O)OCCC[Si](OC)(OC)OC. The molecule has 0 aliphatic rings. The molecule has 0 atom stereocenters. The summed E-state index contributed by atoms with van der Waals surface area (Å²) in [6, 6.07) is 0.650. The van der Waals surface area contributed by atoms with Gasteiger partial charge in [-0.25, -0.2) is 0 Å². The molecule has 0 spiro atoms. The van der Waals surface area contributed by atoms with E-state index in [1.54, 1.807) is 21.3 Å². The molecule has 0 saturated carbocycles. The lowest BCUT2D eigenvalue weighted by Crippen LogP contribution is -2.42. The summed E-state index contributed by atoms with van der Waals surface area (Å²) in [6.45, 7) is 2.44. The maximum Gasteiger partial charge on any atom is 0.500 e. The number of hydrogen-bond donors (Lipinski definition) is 0. The molecule has 0 aromatic carbocycles. The molecule has 102 valence electrons. The number of carbonyl (C=O) groups excluding carboxylic acids is 1. The predicted molar refractivity (Wildman–Crippen MR) is 66.7 cm³/mol. The van der Waals surface area contributed by atoms with E-state index in [1.165, 1.54) is 0 Å². The minimum absolute atomic E-state index is 0.133. The molecule has 5 nitrogen and oxygen atoms in total. The number of unbranched alkanes of at least 4 members (excludes halogenated alkanes) is 1. The normalized spacial score (nSPS) is 11.5. The third-order valence-electron chi connectivity index (χ3n) is 2.56. The molecule has 0 unspecified atom stereocenters. The van der Waals surface area contributed by atoms with Crippen molar-refractivity contribution in [3.63, 3.8) is 0 Å². The molecule has 0 rings (SSSR count). The van der Waals surface area contributed by atoms with Crippen LogP contribution in [0.2, 0.25) is 6.04 Å². The zero-order chi connectivity index (χ0) is 13.1. The largest absolute Gasteiger partial charge is 0.500 e. The third kappa shape index (κ3) is 6.77. The van der Waals surface area contributed by atoms with Gasteiger partial charge in [0.05, 0.1) is 6.61 Å². The smallest absolute Gasteiger partial charge is 0.466 e. The maximum atomic E-state index is 11.2.